The van der Waals surface area contributed by atoms with Gasteiger partial charge in [-0.05, 0) is 74.6 Å². The summed E-state index contributed by atoms with van der Waals surface area (Å²) in [5, 5.41) is 8.84. The molecule has 0 aromatic heterocycles. The number of fused-ring (bicyclic) bond motifs is 1. The van der Waals surface area contributed by atoms with Crippen LogP contribution in [0.3, 0.4) is 0 Å². The molecule has 2 aliphatic carbocycles. The molecule has 1 unspecified atom stereocenters. The molecule has 3 aliphatic rings. The summed E-state index contributed by atoms with van der Waals surface area (Å²) >= 11 is 0. The third-order valence-corrected chi connectivity index (χ3v) is 6.76. The first-order valence-electron chi connectivity index (χ1n) is 10.0. The highest BCUT2D eigenvalue weighted by Gasteiger charge is 2.45. The van der Waals surface area contributed by atoms with Gasteiger partial charge in [-0.1, -0.05) is 18.9 Å². The van der Waals surface area contributed by atoms with Crippen LogP contribution in [0.5, 0.6) is 0 Å². The van der Waals surface area contributed by atoms with Crippen LogP contribution in [0.1, 0.15) is 72.9 Å². The Hall–Kier alpha value is -1.88. The van der Waals surface area contributed by atoms with Crippen molar-refractivity contribution in [1.29, 1.82) is 0 Å². The summed E-state index contributed by atoms with van der Waals surface area (Å²) in [6.45, 7) is 0.924. The van der Waals surface area contributed by atoms with E-state index in [4.69, 9.17) is 5.21 Å². The lowest BCUT2D eigenvalue weighted by atomic mass is 9.66. The van der Waals surface area contributed by atoms with E-state index in [1.807, 2.05) is 12.1 Å². The number of benzene rings is 1. The van der Waals surface area contributed by atoms with Gasteiger partial charge in [0.05, 0.1) is 5.41 Å². The minimum absolute atomic E-state index is 0.260. The van der Waals surface area contributed by atoms with Crippen molar-refractivity contribution < 1.29 is 14.8 Å². The largest absolute Gasteiger partial charge is 0.339 e. The number of hydrogen-bond acceptors (Lipinski definition) is 3. The topological polar surface area (TPSA) is 69.6 Å². The van der Waals surface area contributed by atoms with E-state index < -0.39 is 5.91 Å². The second kappa shape index (κ2) is 7.03. The third kappa shape index (κ3) is 3.02. The number of rotatable bonds is 2. The van der Waals surface area contributed by atoms with Crippen LogP contribution in [0, 0.1) is 5.41 Å². The highest BCUT2D eigenvalue weighted by atomic mass is 16.5. The summed E-state index contributed by atoms with van der Waals surface area (Å²) in [4.78, 5) is 27.4. The Balaban J connectivity index is 1.61. The van der Waals surface area contributed by atoms with Gasteiger partial charge in [0, 0.05) is 18.2 Å². The summed E-state index contributed by atoms with van der Waals surface area (Å²) < 4.78 is 0. The standard InChI is InChI=1S/C21H28N2O3/c24-19(22-26)16-7-8-17-14-21(11-9-15(17)13-16)10-2-1-3-12-23(20(21)25)18-5-4-6-18/h7-8,13,18,26H,1-6,9-12,14H2,(H,22,24). The van der Waals surface area contributed by atoms with E-state index in [-0.39, 0.29) is 5.41 Å². The summed E-state index contributed by atoms with van der Waals surface area (Å²) in [7, 11) is 0. The Morgan fingerprint density at radius 3 is 2.69 bits per heavy atom. The van der Waals surface area contributed by atoms with Crippen LogP contribution in [0.15, 0.2) is 18.2 Å². The maximum absolute atomic E-state index is 13.6. The second-order valence-corrected chi connectivity index (χ2v) is 8.28. The first kappa shape index (κ1) is 17.5. The second-order valence-electron chi connectivity index (χ2n) is 8.28. The number of nitrogens with zero attached hydrogens (tertiary/aromatic N) is 1. The van der Waals surface area contributed by atoms with Crippen molar-refractivity contribution in [1.82, 2.24) is 10.4 Å². The Labute approximate surface area is 154 Å². The normalized spacial score (nSPS) is 26.7. The molecule has 5 heteroatoms. The van der Waals surface area contributed by atoms with Crippen LogP contribution in [-0.4, -0.2) is 34.5 Å². The molecule has 1 aromatic carbocycles. The number of hydrogen-bond donors (Lipinski definition) is 2. The number of carbonyl (C=O) groups is 2. The van der Waals surface area contributed by atoms with Gasteiger partial charge in [-0.2, -0.15) is 0 Å². The van der Waals surface area contributed by atoms with Crippen molar-refractivity contribution in [3.05, 3.63) is 34.9 Å². The van der Waals surface area contributed by atoms with E-state index >= 15 is 0 Å². The van der Waals surface area contributed by atoms with Crippen molar-refractivity contribution in [3.63, 3.8) is 0 Å². The maximum Gasteiger partial charge on any atom is 0.274 e. The van der Waals surface area contributed by atoms with Gasteiger partial charge in [0.15, 0.2) is 0 Å². The lowest BCUT2D eigenvalue weighted by Gasteiger charge is -2.47. The molecule has 1 aromatic rings. The number of carbonyl (C=O) groups excluding carboxylic acids is 2. The van der Waals surface area contributed by atoms with E-state index in [2.05, 4.69) is 4.90 Å². The van der Waals surface area contributed by atoms with Crippen molar-refractivity contribution in [2.24, 2.45) is 5.41 Å². The molecule has 140 valence electrons. The molecule has 26 heavy (non-hydrogen) atoms. The molecule has 1 aliphatic heterocycles. The number of hydroxylamine groups is 1. The zero-order valence-corrected chi connectivity index (χ0v) is 15.3. The van der Waals surface area contributed by atoms with Crippen molar-refractivity contribution in [2.45, 2.75) is 70.3 Å². The maximum atomic E-state index is 13.6. The molecular formula is C21H28N2O3. The molecule has 4 rings (SSSR count). The van der Waals surface area contributed by atoms with Gasteiger partial charge in [-0.3, -0.25) is 14.8 Å². The predicted molar refractivity (Wildman–Crippen MR) is 98.0 cm³/mol. The van der Waals surface area contributed by atoms with Gasteiger partial charge in [0.25, 0.3) is 5.91 Å². The molecule has 1 spiro atoms. The number of amides is 2. The van der Waals surface area contributed by atoms with Gasteiger partial charge >= 0.3 is 0 Å². The smallest absolute Gasteiger partial charge is 0.274 e. The van der Waals surface area contributed by atoms with Crippen LogP contribution in [0.25, 0.3) is 0 Å². The third-order valence-electron chi connectivity index (χ3n) is 6.76. The molecule has 2 N–H and O–H groups in total. The average Bonchev–Trinajstić information content (AvgIpc) is 2.62. The van der Waals surface area contributed by atoms with Gasteiger partial charge in [-0.25, -0.2) is 5.48 Å². The summed E-state index contributed by atoms with van der Waals surface area (Å²) in [6.07, 6.45) is 10.5. The number of aryl methyl sites for hydroxylation is 1. The molecule has 2 fully saturated rings. The van der Waals surface area contributed by atoms with Gasteiger partial charge in [-0.15, -0.1) is 0 Å². The van der Waals surface area contributed by atoms with Crippen molar-refractivity contribution in [3.8, 4) is 0 Å². The van der Waals surface area contributed by atoms with E-state index in [0.29, 0.717) is 17.5 Å². The van der Waals surface area contributed by atoms with Crippen LogP contribution < -0.4 is 5.48 Å². The molecule has 1 saturated heterocycles. The fourth-order valence-electron chi connectivity index (χ4n) is 4.94. The van der Waals surface area contributed by atoms with Crippen molar-refractivity contribution >= 4 is 11.8 Å². The molecule has 0 radical (unpaired) electrons. The molecule has 1 saturated carbocycles. The van der Waals surface area contributed by atoms with E-state index in [9.17, 15) is 9.59 Å². The minimum Gasteiger partial charge on any atom is -0.339 e. The molecule has 5 nitrogen and oxygen atoms in total. The lowest BCUT2D eigenvalue weighted by molar-refractivity contribution is -0.149. The number of nitrogens with one attached hydrogen (secondary N) is 1. The summed E-state index contributed by atoms with van der Waals surface area (Å²) in [5.41, 5.74) is 4.24. The summed E-state index contributed by atoms with van der Waals surface area (Å²) in [5.74, 6) is -0.101. The predicted octanol–water partition coefficient (Wildman–Crippen LogP) is 3.24. The Bertz CT molecular complexity index is 713. The van der Waals surface area contributed by atoms with Gasteiger partial charge in [0.2, 0.25) is 5.91 Å². The average molecular weight is 356 g/mol. The zero-order valence-electron chi connectivity index (χ0n) is 15.3. The quantitative estimate of drug-likeness (QED) is 0.631. The van der Waals surface area contributed by atoms with E-state index in [1.54, 1.807) is 11.5 Å². The first-order chi connectivity index (χ1) is 12.6. The van der Waals surface area contributed by atoms with Crippen LogP contribution in [0.2, 0.25) is 0 Å². The summed E-state index contributed by atoms with van der Waals surface area (Å²) in [6, 6.07) is 6.06. The fourth-order valence-corrected chi connectivity index (χ4v) is 4.94. The van der Waals surface area contributed by atoms with Crippen LogP contribution in [-0.2, 0) is 17.6 Å². The molecule has 0 bridgehead atoms. The molecular weight excluding hydrogens is 328 g/mol. The van der Waals surface area contributed by atoms with Crippen LogP contribution >= 0.6 is 0 Å². The lowest BCUT2D eigenvalue weighted by Crippen LogP contribution is -2.53. The van der Waals surface area contributed by atoms with E-state index in [0.717, 1.165) is 63.5 Å². The van der Waals surface area contributed by atoms with E-state index in [1.165, 1.54) is 18.4 Å². The molecule has 1 atom stereocenters. The minimum atomic E-state index is -0.480. The van der Waals surface area contributed by atoms with Gasteiger partial charge in [0.1, 0.15) is 0 Å². The molecule has 1 heterocycles. The van der Waals surface area contributed by atoms with Crippen molar-refractivity contribution in [2.75, 3.05) is 6.54 Å². The van der Waals surface area contributed by atoms with Gasteiger partial charge < -0.3 is 4.90 Å². The first-order valence-corrected chi connectivity index (χ1v) is 10.0. The monoisotopic (exact) mass is 356 g/mol. The highest BCUT2D eigenvalue weighted by molar-refractivity contribution is 5.93. The Morgan fingerprint density at radius 2 is 1.96 bits per heavy atom. The number of likely N-dealkylation sites (tertiary alicyclic amines) is 1. The highest BCUT2D eigenvalue weighted by Crippen LogP contribution is 2.44. The fraction of sp³-hybridized carbons (Fsp3) is 0.619. The Kier molecular flexibility index (Phi) is 4.74. The SMILES string of the molecule is O=C(NO)c1ccc2c(c1)CCC1(CCCCCN(C3CCC3)C1=O)C2. The Morgan fingerprint density at radius 1 is 1.12 bits per heavy atom. The van der Waals surface area contributed by atoms with Crippen LogP contribution in [0.4, 0.5) is 0 Å². The zero-order chi connectivity index (χ0) is 18.1. The molecule has 2 amide bonds.